The van der Waals surface area contributed by atoms with Crippen LogP contribution in [-0.4, -0.2) is 34.3 Å². The third-order valence-electron chi connectivity index (χ3n) is 4.61. The highest BCUT2D eigenvalue weighted by Gasteiger charge is 2.38. The maximum Gasteiger partial charge on any atom is 0.435 e. The molecule has 0 atom stereocenters. The molecule has 0 radical (unpaired) electrons. The zero-order valence-corrected chi connectivity index (χ0v) is 18.7. The summed E-state index contributed by atoms with van der Waals surface area (Å²) in [4.78, 5) is 14.8. The number of anilines is 1. The van der Waals surface area contributed by atoms with Gasteiger partial charge in [0.25, 0.3) is 10.0 Å². The highest BCUT2D eigenvalue weighted by atomic mass is 79.9. The van der Waals surface area contributed by atoms with Gasteiger partial charge < -0.3 is 9.84 Å². The van der Waals surface area contributed by atoms with E-state index in [1.54, 1.807) is 4.72 Å². The number of carbonyl (C=O) groups is 1. The number of cyclic esters (lactones) is 1. The first-order valence-corrected chi connectivity index (χ1v) is 11.2. The van der Waals surface area contributed by atoms with Crippen LogP contribution >= 0.6 is 15.9 Å². The number of fused-ring (bicyclic) bond motifs is 6. The molecular formula is C18H10BrF5N4O5S. The van der Waals surface area contributed by atoms with Crippen LogP contribution in [-0.2, 0) is 27.5 Å². The van der Waals surface area contributed by atoms with Crippen molar-refractivity contribution in [3.63, 3.8) is 0 Å². The van der Waals surface area contributed by atoms with Crippen LogP contribution in [0.25, 0.3) is 11.1 Å². The lowest BCUT2D eigenvalue weighted by Gasteiger charge is -2.16. The number of aromatic nitrogens is 3. The Morgan fingerprint density at radius 3 is 2.56 bits per heavy atom. The van der Waals surface area contributed by atoms with Crippen LogP contribution in [0.2, 0.25) is 0 Å². The van der Waals surface area contributed by atoms with Gasteiger partial charge in [-0.3, -0.25) is 4.72 Å². The van der Waals surface area contributed by atoms with Gasteiger partial charge in [0.05, 0.1) is 15.7 Å². The van der Waals surface area contributed by atoms with Crippen LogP contribution in [0.3, 0.4) is 0 Å². The molecule has 9 nitrogen and oxygen atoms in total. The van der Waals surface area contributed by atoms with Crippen LogP contribution in [0, 0.1) is 0 Å². The number of alkyl halides is 5. The second-order valence-corrected chi connectivity index (χ2v) is 9.36. The minimum Gasteiger partial charge on any atom is -0.505 e. The van der Waals surface area contributed by atoms with E-state index in [1.165, 1.54) is 0 Å². The number of esters is 1. The van der Waals surface area contributed by atoms with E-state index in [9.17, 15) is 40.3 Å². The lowest BCUT2D eigenvalue weighted by Crippen LogP contribution is -2.19. The monoisotopic (exact) mass is 568 g/mol. The number of ether oxygens (including phenoxy) is 1. The number of halogens is 6. The molecule has 3 aromatic rings. The second-order valence-electron chi connectivity index (χ2n) is 6.85. The van der Waals surface area contributed by atoms with Gasteiger partial charge in [-0.1, -0.05) is 0 Å². The number of pyridine rings is 1. The Kier molecular flexibility index (Phi) is 5.75. The molecule has 0 aliphatic carbocycles. The van der Waals surface area contributed by atoms with E-state index in [2.05, 4.69) is 26.0 Å². The Bertz CT molecular complexity index is 1420. The Morgan fingerprint density at radius 1 is 1.21 bits per heavy atom. The molecule has 0 fully saturated rings. The van der Waals surface area contributed by atoms with Gasteiger partial charge >= 0.3 is 18.7 Å². The fraction of sp³-hybridized carbons (Fsp3) is 0.167. The van der Waals surface area contributed by atoms with Crippen molar-refractivity contribution in [2.45, 2.75) is 24.2 Å². The average molecular weight is 569 g/mol. The van der Waals surface area contributed by atoms with Crippen LogP contribution in [0.4, 0.5) is 27.6 Å². The molecule has 0 saturated carbocycles. The maximum absolute atomic E-state index is 13.5. The molecule has 1 aliphatic heterocycles. The standard InChI is InChI=1S/C18H10BrF5N4O5S/c19-10-1-7-3-13(14(10)29)34(31,32)27-11-2-8(4-25-15(11)18(22,23)24)9-5-28(17(20)21)26-12(9)6-33-16(7)30/h1-5,17,27,29H,6H2. The Morgan fingerprint density at radius 2 is 1.91 bits per heavy atom. The van der Waals surface area contributed by atoms with Crippen molar-refractivity contribution in [3.05, 3.63) is 52.0 Å². The highest BCUT2D eigenvalue weighted by molar-refractivity contribution is 9.10. The van der Waals surface area contributed by atoms with Crippen molar-refractivity contribution < 1.29 is 45.0 Å². The number of aromatic hydroxyl groups is 1. The summed E-state index contributed by atoms with van der Waals surface area (Å²) >= 11 is 2.87. The molecular weight excluding hydrogens is 559 g/mol. The lowest BCUT2D eigenvalue weighted by atomic mass is 10.1. The number of rotatable bonds is 1. The molecule has 1 aliphatic rings. The second kappa shape index (κ2) is 8.19. The van der Waals surface area contributed by atoms with E-state index < -0.39 is 62.9 Å². The number of carbonyl (C=O) groups excluding carboxylic acids is 1. The van der Waals surface area contributed by atoms with Crippen molar-refractivity contribution in [1.82, 2.24) is 14.8 Å². The topological polar surface area (TPSA) is 123 Å². The predicted molar refractivity (Wildman–Crippen MR) is 107 cm³/mol. The molecule has 2 N–H and O–H groups in total. The summed E-state index contributed by atoms with van der Waals surface area (Å²) in [5, 5.41) is 13.8. The van der Waals surface area contributed by atoms with Crippen LogP contribution in [0.15, 0.2) is 40.0 Å². The minimum atomic E-state index is -5.11. The van der Waals surface area contributed by atoms with Crippen molar-refractivity contribution >= 4 is 37.6 Å². The van der Waals surface area contributed by atoms with Crippen LogP contribution < -0.4 is 4.72 Å². The number of benzene rings is 1. The summed E-state index contributed by atoms with van der Waals surface area (Å²) < 4.78 is 99.6. The smallest absolute Gasteiger partial charge is 0.435 e. The molecule has 0 saturated heterocycles. The van der Waals surface area contributed by atoms with Crippen LogP contribution in [0.5, 0.6) is 5.75 Å². The fourth-order valence-corrected chi connectivity index (χ4v) is 4.90. The third-order valence-corrected chi connectivity index (χ3v) is 6.60. The molecule has 3 heterocycles. The zero-order chi connectivity index (χ0) is 25.0. The van der Waals surface area contributed by atoms with Crippen molar-refractivity contribution in [2.75, 3.05) is 4.72 Å². The lowest BCUT2D eigenvalue weighted by molar-refractivity contribution is -0.140. The summed E-state index contributed by atoms with van der Waals surface area (Å²) in [5.74, 6) is -2.00. The zero-order valence-electron chi connectivity index (χ0n) is 16.3. The first kappa shape index (κ1) is 23.9. The number of hydrogen-bond donors (Lipinski definition) is 2. The SMILES string of the molecule is O=C1OCc2nn(C(F)F)cc2-c2cnc(C(F)(F)F)c(c2)NS(=O)(=O)c2cc1cc(Br)c2O. The number of nitrogens with zero attached hydrogens (tertiary/aromatic N) is 3. The normalized spacial score (nSPS) is 15.4. The summed E-state index contributed by atoms with van der Waals surface area (Å²) in [6.07, 6.45) is -3.63. The fourth-order valence-electron chi connectivity index (χ4n) is 3.11. The summed E-state index contributed by atoms with van der Waals surface area (Å²) in [5.41, 5.74) is -3.72. The molecule has 1 aromatic carbocycles. The van der Waals surface area contributed by atoms with Gasteiger partial charge in [0.2, 0.25) is 0 Å². The number of sulfonamides is 1. The van der Waals surface area contributed by atoms with Gasteiger partial charge in [-0.2, -0.15) is 27.1 Å². The van der Waals surface area contributed by atoms with E-state index >= 15 is 0 Å². The molecule has 2 aromatic heterocycles. The van der Waals surface area contributed by atoms with Gasteiger partial charge in [0, 0.05) is 23.5 Å². The molecule has 34 heavy (non-hydrogen) atoms. The quantitative estimate of drug-likeness (QED) is 0.331. The van der Waals surface area contributed by atoms with Crippen LogP contribution in [0.1, 0.15) is 28.3 Å². The van der Waals surface area contributed by atoms with Gasteiger partial charge in [-0.05, 0) is 34.1 Å². The summed E-state index contributed by atoms with van der Waals surface area (Å²) in [6.45, 7) is -3.81. The molecule has 0 spiro atoms. The Balaban J connectivity index is 2.02. The molecule has 4 bridgehead atoms. The highest BCUT2D eigenvalue weighted by Crippen LogP contribution is 2.39. The van der Waals surface area contributed by atoms with E-state index in [0.29, 0.717) is 12.3 Å². The van der Waals surface area contributed by atoms with Gasteiger partial charge in [-0.25, -0.2) is 22.9 Å². The van der Waals surface area contributed by atoms with E-state index in [-0.39, 0.29) is 26.0 Å². The molecule has 0 amide bonds. The first-order chi connectivity index (χ1) is 15.8. The van der Waals surface area contributed by atoms with Gasteiger partial charge in [-0.15, -0.1) is 0 Å². The average Bonchev–Trinajstić information content (AvgIpc) is 3.16. The first-order valence-electron chi connectivity index (χ1n) is 8.94. The van der Waals surface area contributed by atoms with E-state index in [1.807, 2.05) is 0 Å². The summed E-state index contributed by atoms with van der Waals surface area (Å²) in [7, 11) is -4.92. The Hall–Kier alpha value is -3.27. The number of nitrogens with one attached hydrogen (secondary N) is 1. The number of hydrogen-bond acceptors (Lipinski definition) is 7. The molecule has 4 rings (SSSR count). The van der Waals surface area contributed by atoms with Crippen molar-refractivity contribution in [2.24, 2.45) is 0 Å². The van der Waals surface area contributed by atoms with Gasteiger partial charge in [0.1, 0.15) is 22.9 Å². The van der Waals surface area contributed by atoms with Gasteiger partial charge in [0.15, 0.2) is 5.69 Å². The third kappa shape index (κ3) is 4.29. The van der Waals surface area contributed by atoms with E-state index in [0.717, 1.165) is 18.3 Å². The Labute approximate surface area is 195 Å². The summed E-state index contributed by atoms with van der Waals surface area (Å²) in [6, 6.07) is 2.42. The maximum atomic E-state index is 13.5. The van der Waals surface area contributed by atoms with E-state index in [4.69, 9.17) is 4.74 Å². The largest absolute Gasteiger partial charge is 0.505 e. The van der Waals surface area contributed by atoms with Crippen molar-refractivity contribution in [1.29, 1.82) is 0 Å². The minimum absolute atomic E-state index is 0.176. The molecule has 0 unspecified atom stereocenters. The number of phenolic OH excluding ortho intramolecular Hbond substituents is 1. The predicted octanol–water partition coefficient (Wildman–Crippen LogP) is 4.30. The molecule has 16 heteroatoms. The number of phenols is 1. The van der Waals surface area contributed by atoms with Crippen molar-refractivity contribution in [3.8, 4) is 16.9 Å². The molecule has 180 valence electrons.